The van der Waals surface area contributed by atoms with Gasteiger partial charge in [-0.05, 0) is 30.2 Å². The zero-order chi connectivity index (χ0) is 18.1. The Balaban J connectivity index is 1.57. The van der Waals surface area contributed by atoms with E-state index in [9.17, 15) is 4.79 Å². The van der Waals surface area contributed by atoms with Crippen molar-refractivity contribution in [3.8, 4) is 0 Å². The summed E-state index contributed by atoms with van der Waals surface area (Å²) in [7, 11) is 0. The van der Waals surface area contributed by atoms with Crippen LogP contribution in [0.4, 0.5) is 5.95 Å². The lowest BCUT2D eigenvalue weighted by Crippen LogP contribution is -2.20. The first-order valence-electron chi connectivity index (χ1n) is 8.41. The molecule has 0 spiro atoms. The molecule has 7 nitrogen and oxygen atoms in total. The fraction of sp³-hybridized carbons (Fsp3) is 0.353. The fourth-order valence-electron chi connectivity index (χ4n) is 3.21. The second-order valence-corrected chi connectivity index (χ2v) is 7.47. The van der Waals surface area contributed by atoms with Crippen LogP contribution in [0.2, 0.25) is 5.02 Å². The molecule has 0 amide bonds. The van der Waals surface area contributed by atoms with Crippen LogP contribution in [-0.4, -0.2) is 32.8 Å². The molecule has 0 aliphatic carbocycles. The first-order chi connectivity index (χ1) is 12.7. The van der Waals surface area contributed by atoms with Crippen LogP contribution in [0.1, 0.15) is 23.6 Å². The van der Waals surface area contributed by atoms with Crippen molar-refractivity contribution < 1.29 is 0 Å². The maximum Gasteiger partial charge on any atom is 0.278 e. The summed E-state index contributed by atoms with van der Waals surface area (Å²) in [6.45, 7) is 2.32. The highest BCUT2D eigenvalue weighted by Crippen LogP contribution is 2.21. The molecule has 0 saturated carbocycles. The minimum Gasteiger partial charge on any atom is -0.352 e. The van der Waals surface area contributed by atoms with E-state index in [4.69, 9.17) is 11.6 Å². The van der Waals surface area contributed by atoms with Crippen LogP contribution in [-0.2, 0) is 11.0 Å². The molecule has 9 heteroatoms. The van der Waals surface area contributed by atoms with Gasteiger partial charge in [0.1, 0.15) is 5.52 Å². The number of halogens is 2. The van der Waals surface area contributed by atoms with Gasteiger partial charge >= 0.3 is 0 Å². The highest BCUT2D eigenvalue weighted by molar-refractivity contribution is 14.1. The smallest absolute Gasteiger partial charge is 0.278 e. The molecule has 0 bridgehead atoms. The summed E-state index contributed by atoms with van der Waals surface area (Å²) in [5, 5.41) is 11.6. The third-order valence-electron chi connectivity index (χ3n) is 4.55. The summed E-state index contributed by atoms with van der Waals surface area (Å²) in [4.78, 5) is 19.9. The molecule has 1 unspecified atom stereocenters. The molecular formula is C17H18ClIN6O. The second kappa shape index (κ2) is 7.53. The highest BCUT2D eigenvalue weighted by atomic mass is 127. The van der Waals surface area contributed by atoms with Crippen molar-refractivity contribution >= 4 is 51.2 Å². The third kappa shape index (κ3) is 3.45. The van der Waals surface area contributed by atoms with Crippen LogP contribution in [0.25, 0.3) is 11.0 Å². The quantitative estimate of drug-likeness (QED) is 0.383. The lowest BCUT2D eigenvalue weighted by atomic mass is 10.1. The Bertz CT molecular complexity index is 995. The molecular weight excluding hydrogens is 467 g/mol. The molecule has 136 valence electrons. The first-order valence-corrected chi connectivity index (χ1v) is 10.3. The van der Waals surface area contributed by atoms with Gasteiger partial charge in [-0.2, -0.15) is 5.10 Å². The number of rotatable bonds is 5. The predicted molar refractivity (Wildman–Crippen MR) is 111 cm³/mol. The van der Waals surface area contributed by atoms with Gasteiger partial charge in [-0.3, -0.25) is 14.5 Å². The molecule has 26 heavy (non-hydrogen) atoms. The average Bonchev–Trinajstić information content (AvgIpc) is 3.30. The number of aromatic nitrogens is 4. The SMILES string of the molecule is O=c1[nH]c(NCc2ccc(Cl)c(CI)c2)nc2cnn(C3CCNC3)c12. The Morgan fingerprint density at radius 3 is 3.08 bits per heavy atom. The van der Waals surface area contributed by atoms with Crippen LogP contribution < -0.4 is 16.2 Å². The van der Waals surface area contributed by atoms with E-state index in [-0.39, 0.29) is 11.6 Å². The molecule has 1 saturated heterocycles. The number of nitrogens with zero attached hydrogens (tertiary/aromatic N) is 3. The minimum absolute atomic E-state index is 0.175. The van der Waals surface area contributed by atoms with Crippen LogP contribution >= 0.6 is 34.2 Å². The van der Waals surface area contributed by atoms with E-state index in [2.05, 4.69) is 54.4 Å². The zero-order valence-electron chi connectivity index (χ0n) is 13.9. The van der Waals surface area contributed by atoms with Gasteiger partial charge in [-0.25, -0.2) is 4.98 Å². The molecule has 1 fully saturated rings. The van der Waals surface area contributed by atoms with E-state index >= 15 is 0 Å². The number of alkyl halides is 1. The van der Waals surface area contributed by atoms with Gasteiger partial charge in [-0.15, -0.1) is 0 Å². The van der Waals surface area contributed by atoms with Crippen LogP contribution in [0.3, 0.4) is 0 Å². The summed E-state index contributed by atoms with van der Waals surface area (Å²) in [6, 6.07) is 6.12. The number of hydrogen-bond donors (Lipinski definition) is 3. The summed E-state index contributed by atoms with van der Waals surface area (Å²) in [5.74, 6) is 0.442. The molecule has 1 atom stereocenters. The van der Waals surface area contributed by atoms with Gasteiger partial charge in [0.05, 0.1) is 12.2 Å². The third-order valence-corrected chi connectivity index (χ3v) is 5.74. The number of fused-ring (bicyclic) bond motifs is 1. The van der Waals surface area contributed by atoms with E-state index in [0.29, 0.717) is 23.5 Å². The van der Waals surface area contributed by atoms with Gasteiger partial charge in [0.25, 0.3) is 5.56 Å². The van der Waals surface area contributed by atoms with Crippen molar-refractivity contribution in [2.45, 2.75) is 23.4 Å². The molecule has 2 aromatic heterocycles. The van der Waals surface area contributed by atoms with Gasteiger partial charge in [0.2, 0.25) is 5.95 Å². The molecule has 1 aliphatic rings. The van der Waals surface area contributed by atoms with Crippen molar-refractivity contribution in [3.05, 3.63) is 50.9 Å². The predicted octanol–water partition coefficient (Wildman–Crippen LogP) is 2.85. The largest absolute Gasteiger partial charge is 0.352 e. The minimum atomic E-state index is -0.175. The van der Waals surface area contributed by atoms with E-state index in [1.165, 1.54) is 0 Å². The van der Waals surface area contributed by atoms with Crippen LogP contribution in [0.5, 0.6) is 0 Å². The molecule has 1 aliphatic heterocycles. The van der Waals surface area contributed by atoms with Gasteiger partial charge in [-0.1, -0.05) is 46.3 Å². The van der Waals surface area contributed by atoms with E-state index in [1.807, 2.05) is 12.1 Å². The number of aromatic amines is 1. The van der Waals surface area contributed by atoms with Crippen molar-refractivity contribution in [1.82, 2.24) is 25.1 Å². The molecule has 1 aromatic carbocycles. The first kappa shape index (κ1) is 17.7. The van der Waals surface area contributed by atoms with E-state index < -0.39 is 0 Å². The summed E-state index contributed by atoms with van der Waals surface area (Å²) < 4.78 is 2.64. The van der Waals surface area contributed by atoms with Crippen molar-refractivity contribution in [2.75, 3.05) is 18.4 Å². The van der Waals surface area contributed by atoms with Crippen molar-refractivity contribution in [1.29, 1.82) is 0 Å². The Kier molecular flexibility index (Phi) is 5.14. The molecule has 3 aromatic rings. The average molecular weight is 485 g/mol. The Morgan fingerprint density at radius 2 is 2.31 bits per heavy atom. The number of nitrogens with one attached hydrogen (secondary N) is 3. The topological polar surface area (TPSA) is 87.6 Å². The number of benzene rings is 1. The lowest BCUT2D eigenvalue weighted by Gasteiger charge is -2.10. The van der Waals surface area contributed by atoms with Crippen molar-refractivity contribution in [3.63, 3.8) is 0 Å². The second-order valence-electron chi connectivity index (χ2n) is 6.30. The summed E-state index contributed by atoms with van der Waals surface area (Å²) in [5.41, 5.74) is 3.13. The number of H-pyrrole nitrogens is 1. The van der Waals surface area contributed by atoms with Gasteiger partial charge in [0, 0.05) is 22.5 Å². The Hall–Kier alpha value is -1.65. The summed E-state index contributed by atoms with van der Waals surface area (Å²) >= 11 is 8.45. The van der Waals surface area contributed by atoms with Crippen LogP contribution in [0.15, 0.2) is 29.2 Å². The molecule has 3 heterocycles. The standard InChI is InChI=1S/C17H18ClIN6O/c18-13-2-1-10(5-11(13)6-19)7-21-17-23-14-9-22-25(12-3-4-20-8-12)15(14)16(26)24-17/h1-2,5,9,12,20H,3-4,6-8H2,(H2,21,23,24,26). The molecule has 3 N–H and O–H groups in total. The van der Waals surface area contributed by atoms with Gasteiger partial charge < -0.3 is 10.6 Å². The normalized spacial score (nSPS) is 17.1. The highest BCUT2D eigenvalue weighted by Gasteiger charge is 2.21. The molecule has 4 rings (SSSR count). The van der Waals surface area contributed by atoms with Crippen LogP contribution in [0, 0.1) is 0 Å². The Labute approximate surface area is 168 Å². The monoisotopic (exact) mass is 484 g/mol. The number of hydrogen-bond acceptors (Lipinski definition) is 5. The Morgan fingerprint density at radius 1 is 1.42 bits per heavy atom. The van der Waals surface area contributed by atoms with Gasteiger partial charge in [0.15, 0.2) is 5.52 Å². The summed E-state index contributed by atoms with van der Waals surface area (Å²) in [6.07, 6.45) is 2.62. The van der Waals surface area contributed by atoms with E-state index in [0.717, 1.165) is 40.1 Å². The maximum absolute atomic E-state index is 12.6. The zero-order valence-corrected chi connectivity index (χ0v) is 16.8. The van der Waals surface area contributed by atoms with Crippen molar-refractivity contribution in [2.24, 2.45) is 0 Å². The van der Waals surface area contributed by atoms with E-state index in [1.54, 1.807) is 10.9 Å². The maximum atomic E-state index is 12.6. The lowest BCUT2D eigenvalue weighted by molar-refractivity contribution is 0.505. The number of anilines is 1. The molecule has 0 radical (unpaired) electrons. The fourth-order valence-corrected chi connectivity index (χ4v) is 4.25.